The molecule has 5 N–H and O–H groups in total. The minimum atomic E-state index is -0.983. The molecular formula is C38H59N7O6. The second kappa shape index (κ2) is 17.2. The van der Waals surface area contributed by atoms with Crippen LogP contribution in [0.3, 0.4) is 0 Å². The topological polar surface area (TPSA) is 178 Å². The third-order valence-electron chi connectivity index (χ3n) is 11.3. The van der Waals surface area contributed by atoms with Gasteiger partial charge in [0.25, 0.3) is 11.8 Å². The summed E-state index contributed by atoms with van der Waals surface area (Å²) in [6, 6.07) is -3.62. The maximum absolute atomic E-state index is 14.6. The van der Waals surface area contributed by atoms with Crippen LogP contribution in [0.4, 0.5) is 0 Å². The van der Waals surface area contributed by atoms with Crippen molar-refractivity contribution in [3.8, 4) is 0 Å². The van der Waals surface area contributed by atoms with Crippen LogP contribution in [0.5, 0.6) is 0 Å². The van der Waals surface area contributed by atoms with E-state index in [1.807, 2.05) is 27.7 Å². The molecule has 3 aliphatic carbocycles. The van der Waals surface area contributed by atoms with E-state index in [9.17, 15) is 28.8 Å². The number of carbonyl (C=O) groups is 6. The highest BCUT2D eigenvalue weighted by Gasteiger charge is 2.53. The minimum absolute atomic E-state index is 0.0144. The molecule has 2 heterocycles. The monoisotopic (exact) mass is 709 g/mol. The number of aliphatic imine (C=N–C) groups is 1. The van der Waals surface area contributed by atoms with Gasteiger partial charge in [-0.3, -0.25) is 33.8 Å². The smallest absolute Gasteiger partial charge is 0.289 e. The van der Waals surface area contributed by atoms with Gasteiger partial charge >= 0.3 is 0 Å². The number of carbonyl (C=O) groups excluding carboxylic acids is 6. The van der Waals surface area contributed by atoms with Crippen LogP contribution >= 0.6 is 0 Å². The Morgan fingerprint density at radius 2 is 1.57 bits per heavy atom. The minimum Gasteiger partial charge on any atom is -0.374 e. The number of Topliss-reactive ketones (excluding diaryl/α,β-unsaturated/α-hetero) is 1. The SMILES string of the molecule is CCC[C@@H](NC(=O)[C@@H]1[C@H](C2CCCCC2)CN1C(=O)C(NC(=O)C(NC(=O)C1=CN=CCN1)C1CCCCC1)C(C)(C)C)C(=O)C(=O)NC1CC1. The Labute approximate surface area is 302 Å². The Morgan fingerprint density at radius 3 is 2.16 bits per heavy atom. The first-order chi connectivity index (χ1) is 24.4. The number of nitrogens with one attached hydrogen (secondary N) is 5. The average molecular weight is 710 g/mol. The van der Waals surface area contributed by atoms with Gasteiger partial charge in [0.05, 0.1) is 18.8 Å². The van der Waals surface area contributed by atoms with Gasteiger partial charge in [-0.2, -0.15) is 0 Å². The van der Waals surface area contributed by atoms with Gasteiger partial charge in [-0.05, 0) is 49.4 Å². The summed E-state index contributed by atoms with van der Waals surface area (Å²) < 4.78 is 0. The summed E-state index contributed by atoms with van der Waals surface area (Å²) in [6.07, 6.45) is 15.4. The van der Waals surface area contributed by atoms with Gasteiger partial charge in [0, 0.05) is 24.7 Å². The zero-order valence-electron chi connectivity index (χ0n) is 30.9. The molecular weight excluding hydrogens is 650 g/mol. The number of rotatable bonds is 14. The highest BCUT2D eigenvalue weighted by Crippen LogP contribution is 2.41. The molecule has 4 fully saturated rings. The molecule has 51 heavy (non-hydrogen) atoms. The van der Waals surface area contributed by atoms with Crippen molar-refractivity contribution < 1.29 is 28.8 Å². The summed E-state index contributed by atoms with van der Waals surface area (Å²) in [7, 11) is 0. The quantitative estimate of drug-likeness (QED) is 0.172. The summed E-state index contributed by atoms with van der Waals surface area (Å²) >= 11 is 0. The van der Waals surface area contributed by atoms with Gasteiger partial charge in [0.15, 0.2) is 0 Å². The molecule has 1 saturated heterocycles. The Morgan fingerprint density at radius 1 is 0.902 bits per heavy atom. The number of amides is 5. The van der Waals surface area contributed by atoms with Crippen molar-refractivity contribution in [3.63, 3.8) is 0 Å². The summed E-state index contributed by atoms with van der Waals surface area (Å²) in [5.41, 5.74) is -0.447. The van der Waals surface area contributed by atoms with Crippen LogP contribution in [0.25, 0.3) is 0 Å². The van der Waals surface area contributed by atoms with Crippen LogP contribution in [0.1, 0.15) is 118 Å². The fourth-order valence-electron chi connectivity index (χ4n) is 8.17. The number of hydrogen-bond acceptors (Lipinski definition) is 8. The summed E-state index contributed by atoms with van der Waals surface area (Å²) in [4.78, 5) is 87.7. The van der Waals surface area contributed by atoms with E-state index in [-0.39, 0.29) is 35.4 Å². The van der Waals surface area contributed by atoms with E-state index in [4.69, 9.17) is 0 Å². The molecule has 2 aliphatic heterocycles. The standard InChI is InChI=1S/C38H59N7O6/c1-5-12-27(31(46)36(50)41-25-17-18-25)42-35(49)30-26(23-13-8-6-9-14-23)22-45(30)37(51)32(38(2,3)4)44-34(48)29(24-15-10-7-11-16-24)43-33(47)28-21-39-19-20-40-28/h19,21,23-27,29-30,32,40H,5-18,20,22H2,1-4H3,(H,41,50)(H,42,49)(H,43,47)(H,44,48)/t26-,27+,29?,30-,32?/m0/s1. The van der Waals surface area contributed by atoms with E-state index in [2.05, 4.69) is 31.6 Å². The number of likely N-dealkylation sites (tertiary alicyclic amines) is 1. The fraction of sp³-hybridized carbons (Fsp3) is 0.763. The van der Waals surface area contributed by atoms with E-state index in [0.717, 1.165) is 77.0 Å². The molecule has 5 rings (SSSR count). The first kappa shape index (κ1) is 38.5. The highest BCUT2D eigenvalue weighted by molar-refractivity contribution is 6.38. The second-order valence-corrected chi connectivity index (χ2v) is 16.4. The van der Waals surface area contributed by atoms with Gasteiger partial charge in [-0.25, -0.2) is 0 Å². The van der Waals surface area contributed by atoms with Crippen molar-refractivity contribution in [1.29, 1.82) is 0 Å². The lowest BCUT2D eigenvalue weighted by Crippen LogP contribution is -2.71. The maximum atomic E-state index is 14.6. The van der Waals surface area contributed by atoms with E-state index in [1.54, 1.807) is 11.1 Å². The van der Waals surface area contributed by atoms with Gasteiger partial charge < -0.3 is 31.5 Å². The van der Waals surface area contributed by atoms with Gasteiger partial charge in [0.2, 0.25) is 23.5 Å². The summed E-state index contributed by atoms with van der Waals surface area (Å²) in [5.74, 6) is -2.91. The van der Waals surface area contributed by atoms with Crippen molar-refractivity contribution in [1.82, 2.24) is 31.5 Å². The Balaban J connectivity index is 1.35. The third-order valence-corrected chi connectivity index (χ3v) is 11.3. The maximum Gasteiger partial charge on any atom is 0.289 e. The van der Waals surface area contributed by atoms with Gasteiger partial charge in [-0.15, -0.1) is 0 Å². The van der Waals surface area contributed by atoms with Crippen LogP contribution in [0.2, 0.25) is 0 Å². The zero-order chi connectivity index (χ0) is 36.7. The molecule has 5 amide bonds. The molecule has 3 saturated carbocycles. The largest absolute Gasteiger partial charge is 0.374 e. The normalized spacial score (nSPS) is 24.5. The van der Waals surface area contributed by atoms with Gasteiger partial charge in [-0.1, -0.05) is 85.5 Å². The summed E-state index contributed by atoms with van der Waals surface area (Å²) in [6.45, 7) is 8.31. The summed E-state index contributed by atoms with van der Waals surface area (Å²) in [5, 5.41) is 14.6. The number of nitrogens with zero attached hydrogens (tertiary/aromatic N) is 2. The predicted molar refractivity (Wildman–Crippen MR) is 193 cm³/mol. The van der Waals surface area contributed by atoms with E-state index >= 15 is 0 Å². The van der Waals surface area contributed by atoms with Crippen LogP contribution in [-0.4, -0.2) is 89.7 Å². The van der Waals surface area contributed by atoms with Crippen LogP contribution < -0.4 is 26.6 Å². The number of ketones is 1. The van der Waals surface area contributed by atoms with Crippen molar-refractivity contribution in [2.24, 2.45) is 28.2 Å². The molecule has 0 aromatic rings. The average Bonchev–Trinajstić information content (AvgIpc) is 3.93. The first-order valence-corrected chi connectivity index (χ1v) is 19.4. The first-order valence-electron chi connectivity index (χ1n) is 19.4. The van der Waals surface area contributed by atoms with Crippen LogP contribution in [0.15, 0.2) is 16.9 Å². The predicted octanol–water partition coefficient (Wildman–Crippen LogP) is 2.64. The van der Waals surface area contributed by atoms with Crippen molar-refractivity contribution in [2.45, 2.75) is 148 Å². The van der Waals surface area contributed by atoms with Crippen molar-refractivity contribution in [3.05, 3.63) is 11.9 Å². The fourth-order valence-corrected chi connectivity index (χ4v) is 8.17. The van der Waals surface area contributed by atoms with E-state index < -0.39 is 59.0 Å². The Bertz CT molecular complexity index is 1370. The Hall–Kier alpha value is -3.77. The van der Waals surface area contributed by atoms with Crippen molar-refractivity contribution in [2.75, 3.05) is 13.1 Å². The molecule has 5 aliphatic rings. The molecule has 0 aromatic carbocycles. The van der Waals surface area contributed by atoms with Gasteiger partial charge in [0.1, 0.15) is 23.8 Å². The highest BCUT2D eigenvalue weighted by atomic mass is 16.2. The molecule has 13 heteroatoms. The lowest BCUT2D eigenvalue weighted by Gasteiger charge is -2.53. The van der Waals surface area contributed by atoms with Crippen LogP contribution in [-0.2, 0) is 28.8 Å². The Kier molecular flexibility index (Phi) is 12.9. The molecule has 13 nitrogen and oxygen atoms in total. The molecule has 0 radical (unpaired) electrons. The molecule has 0 bridgehead atoms. The molecule has 0 aromatic heterocycles. The molecule has 5 atom stereocenters. The van der Waals surface area contributed by atoms with Crippen LogP contribution in [0, 0.1) is 23.2 Å². The molecule has 0 spiro atoms. The lowest BCUT2D eigenvalue weighted by atomic mass is 9.70. The van der Waals surface area contributed by atoms with Crippen molar-refractivity contribution >= 4 is 41.5 Å². The van der Waals surface area contributed by atoms with E-state index in [1.165, 1.54) is 6.20 Å². The lowest BCUT2D eigenvalue weighted by molar-refractivity contribution is -0.162. The molecule has 2 unspecified atom stereocenters. The number of hydrogen-bond donors (Lipinski definition) is 5. The third kappa shape index (κ3) is 9.77. The zero-order valence-corrected chi connectivity index (χ0v) is 30.9. The second-order valence-electron chi connectivity index (χ2n) is 16.4. The van der Waals surface area contributed by atoms with E-state index in [0.29, 0.717) is 25.9 Å². The molecule has 282 valence electrons.